The van der Waals surface area contributed by atoms with Crippen LogP contribution < -0.4 is 5.32 Å². The first-order chi connectivity index (χ1) is 10.1. The molecular weight excluding hydrogens is 288 g/mol. The van der Waals surface area contributed by atoms with Crippen LogP contribution in [-0.2, 0) is 4.74 Å². The number of benzene rings is 1. The summed E-state index contributed by atoms with van der Waals surface area (Å²) < 4.78 is 5.03. The quantitative estimate of drug-likeness (QED) is 0.845. The second kappa shape index (κ2) is 7.09. The van der Waals surface area contributed by atoms with Gasteiger partial charge in [0.25, 0.3) is 0 Å². The molecule has 0 aliphatic rings. The molecule has 110 valence electrons. The predicted molar refractivity (Wildman–Crippen MR) is 83.7 cm³/mol. The average molecular weight is 305 g/mol. The van der Waals surface area contributed by atoms with Crippen molar-refractivity contribution < 1.29 is 9.53 Å². The van der Waals surface area contributed by atoms with Crippen LogP contribution in [0.25, 0.3) is 0 Å². The number of rotatable bonds is 5. The highest BCUT2D eigenvalue weighted by Gasteiger charge is 2.15. The van der Waals surface area contributed by atoms with Crippen LogP contribution in [0.2, 0.25) is 5.02 Å². The van der Waals surface area contributed by atoms with Crippen molar-refractivity contribution in [2.45, 2.75) is 19.9 Å². The summed E-state index contributed by atoms with van der Waals surface area (Å²) in [5.41, 5.74) is 1.44. The van der Waals surface area contributed by atoms with Crippen molar-refractivity contribution >= 4 is 23.4 Å². The van der Waals surface area contributed by atoms with Crippen molar-refractivity contribution in [3.63, 3.8) is 0 Å². The molecule has 0 saturated heterocycles. The van der Waals surface area contributed by atoms with E-state index >= 15 is 0 Å². The molecule has 1 atom stereocenters. The van der Waals surface area contributed by atoms with E-state index in [1.807, 2.05) is 31.2 Å². The molecule has 0 aliphatic heterocycles. The minimum absolute atomic E-state index is 0.0354. The molecule has 21 heavy (non-hydrogen) atoms. The van der Waals surface area contributed by atoms with E-state index in [-0.39, 0.29) is 12.0 Å². The highest BCUT2D eigenvalue weighted by Crippen LogP contribution is 2.23. The number of hydrogen-bond donors (Lipinski definition) is 1. The maximum atomic E-state index is 11.9. The first-order valence-electron chi connectivity index (χ1n) is 6.76. The SMILES string of the molecule is CCOC(=O)c1cccnc1NC(C)c1cccc(Cl)c1. The fourth-order valence-corrected chi connectivity index (χ4v) is 2.16. The summed E-state index contributed by atoms with van der Waals surface area (Å²) >= 11 is 6.00. The molecule has 4 nitrogen and oxygen atoms in total. The van der Waals surface area contributed by atoms with Crippen LogP contribution >= 0.6 is 11.6 Å². The van der Waals surface area contributed by atoms with Gasteiger partial charge in [0.1, 0.15) is 11.4 Å². The number of halogens is 1. The van der Waals surface area contributed by atoms with Gasteiger partial charge in [-0.3, -0.25) is 0 Å². The second-order valence-corrected chi connectivity index (χ2v) is 4.98. The number of aromatic nitrogens is 1. The smallest absolute Gasteiger partial charge is 0.341 e. The Morgan fingerprint density at radius 2 is 2.19 bits per heavy atom. The third-order valence-corrected chi connectivity index (χ3v) is 3.24. The van der Waals surface area contributed by atoms with Crippen molar-refractivity contribution in [1.29, 1.82) is 0 Å². The lowest BCUT2D eigenvalue weighted by molar-refractivity contribution is 0.0527. The van der Waals surface area contributed by atoms with Crippen LogP contribution in [0.15, 0.2) is 42.6 Å². The number of esters is 1. The van der Waals surface area contributed by atoms with Crippen molar-refractivity contribution in [3.8, 4) is 0 Å². The number of pyridine rings is 1. The summed E-state index contributed by atoms with van der Waals surface area (Å²) in [6.45, 7) is 4.09. The van der Waals surface area contributed by atoms with Crippen LogP contribution in [0.4, 0.5) is 5.82 Å². The van der Waals surface area contributed by atoms with Crippen molar-refractivity contribution in [3.05, 3.63) is 58.7 Å². The third-order valence-electron chi connectivity index (χ3n) is 3.00. The van der Waals surface area contributed by atoms with Crippen LogP contribution in [-0.4, -0.2) is 17.6 Å². The third kappa shape index (κ3) is 3.95. The molecule has 0 spiro atoms. The standard InChI is InChI=1S/C16H17ClN2O2/c1-3-21-16(20)14-8-5-9-18-15(14)19-11(2)12-6-4-7-13(17)10-12/h4-11H,3H2,1-2H3,(H,18,19). The van der Waals surface area contributed by atoms with Crippen molar-refractivity contribution in [2.75, 3.05) is 11.9 Å². The number of carbonyl (C=O) groups excluding carboxylic acids is 1. The average Bonchev–Trinajstić information content (AvgIpc) is 2.48. The van der Waals surface area contributed by atoms with Crippen LogP contribution in [0, 0.1) is 0 Å². The topological polar surface area (TPSA) is 51.2 Å². The van der Waals surface area contributed by atoms with Gasteiger partial charge in [0.2, 0.25) is 0 Å². The Balaban J connectivity index is 2.21. The Morgan fingerprint density at radius 1 is 1.38 bits per heavy atom. The van der Waals surface area contributed by atoms with E-state index < -0.39 is 0 Å². The molecule has 0 amide bonds. The van der Waals surface area contributed by atoms with E-state index in [0.29, 0.717) is 23.0 Å². The summed E-state index contributed by atoms with van der Waals surface area (Å²) in [4.78, 5) is 16.1. The van der Waals surface area contributed by atoms with Crippen LogP contribution in [0.5, 0.6) is 0 Å². The Kier molecular flexibility index (Phi) is 5.17. The molecule has 1 N–H and O–H groups in total. The number of nitrogens with one attached hydrogen (secondary N) is 1. The van der Waals surface area contributed by atoms with Gasteiger partial charge in [-0.05, 0) is 43.7 Å². The van der Waals surface area contributed by atoms with E-state index in [2.05, 4.69) is 10.3 Å². The molecule has 0 fully saturated rings. The Morgan fingerprint density at radius 3 is 2.90 bits per heavy atom. The van der Waals surface area contributed by atoms with E-state index in [1.165, 1.54) is 0 Å². The number of ether oxygens (including phenoxy) is 1. The van der Waals surface area contributed by atoms with Gasteiger partial charge in [0.15, 0.2) is 0 Å². The van der Waals surface area contributed by atoms with E-state index in [9.17, 15) is 4.79 Å². The minimum Gasteiger partial charge on any atom is -0.462 e. The zero-order valence-corrected chi connectivity index (χ0v) is 12.7. The van der Waals surface area contributed by atoms with Gasteiger partial charge < -0.3 is 10.1 Å². The molecule has 0 radical (unpaired) electrons. The second-order valence-electron chi connectivity index (χ2n) is 4.54. The maximum Gasteiger partial charge on any atom is 0.341 e. The van der Waals surface area contributed by atoms with Gasteiger partial charge in [-0.1, -0.05) is 23.7 Å². The first-order valence-corrected chi connectivity index (χ1v) is 7.13. The van der Waals surface area contributed by atoms with Crippen LogP contribution in [0.3, 0.4) is 0 Å². The summed E-state index contributed by atoms with van der Waals surface area (Å²) in [5.74, 6) is 0.120. The molecule has 1 aromatic carbocycles. The number of nitrogens with zero attached hydrogens (tertiary/aromatic N) is 1. The van der Waals surface area contributed by atoms with E-state index in [0.717, 1.165) is 5.56 Å². The monoisotopic (exact) mass is 304 g/mol. The number of anilines is 1. The lowest BCUT2D eigenvalue weighted by Crippen LogP contribution is -2.14. The fourth-order valence-electron chi connectivity index (χ4n) is 1.96. The van der Waals surface area contributed by atoms with Gasteiger partial charge in [-0.2, -0.15) is 0 Å². The normalized spacial score (nSPS) is 11.8. The highest BCUT2D eigenvalue weighted by molar-refractivity contribution is 6.30. The Hall–Kier alpha value is -2.07. The van der Waals surface area contributed by atoms with Crippen LogP contribution in [0.1, 0.15) is 35.8 Å². The van der Waals surface area contributed by atoms with Crippen molar-refractivity contribution in [1.82, 2.24) is 4.98 Å². The molecule has 0 aliphatic carbocycles. The van der Waals surface area contributed by atoms with E-state index in [4.69, 9.17) is 16.3 Å². The molecule has 2 aromatic rings. The molecule has 5 heteroatoms. The summed E-state index contributed by atoms with van der Waals surface area (Å²) in [6.07, 6.45) is 1.63. The van der Waals surface area contributed by atoms with Crippen molar-refractivity contribution in [2.24, 2.45) is 0 Å². The maximum absolute atomic E-state index is 11.9. The molecule has 0 bridgehead atoms. The predicted octanol–water partition coefficient (Wildman–Crippen LogP) is 4.08. The number of carbonyl (C=O) groups is 1. The minimum atomic E-state index is -0.383. The van der Waals surface area contributed by atoms with Gasteiger partial charge in [-0.15, -0.1) is 0 Å². The Bertz CT molecular complexity index is 631. The van der Waals surface area contributed by atoms with E-state index in [1.54, 1.807) is 25.3 Å². The fraction of sp³-hybridized carbons (Fsp3) is 0.250. The molecule has 2 rings (SSSR count). The molecule has 1 unspecified atom stereocenters. The van der Waals surface area contributed by atoms with Gasteiger partial charge in [0.05, 0.1) is 12.6 Å². The zero-order valence-electron chi connectivity index (χ0n) is 12.0. The van der Waals surface area contributed by atoms with Gasteiger partial charge >= 0.3 is 5.97 Å². The first kappa shape index (κ1) is 15.3. The zero-order chi connectivity index (χ0) is 15.2. The largest absolute Gasteiger partial charge is 0.462 e. The molecule has 0 saturated carbocycles. The summed E-state index contributed by atoms with van der Waals surface area (Å²) in [7, 11) is 0. The lowest BCUT2D eigenvalue weighted by atomic mass is 10.1. The summed E-state index contributed by atoms with van der Waals surface area (Å²) in [6, 6.07) is 10.9. The molecular formula is C16H17ClN2O2. The highest BCUT2D eigenvalue weighted by atomic mass is 35.5. The lowest BCUT2D eigenvalue weighted by Gasteiger charge is -2.17. The Labute approximate surface area is 129 Å². The van der Waals surface area contributed by atoms with Gasteiger partial charge in [-0.25, -0.2) is 9.78 Å². The summed E-state index contributed by atoms with van der Waals surface area (Å²) in [5, 5.41) is 3.90. The molecule has 1 heterocycles. The number of hydrogen-bond acceptors (Lipinski definition) is 4. The molecule has 1 aromatic heterocycles. The van der Waals surface area contributed by atoms with Gasteiger partial charge in [0, 0.05) is 11.2 Å².